The van der Waals surface area contributed by atoms with Crippen LogP contribution in [0.25, 0.3) is 0 Å². The number of halogens is 1. The van der Waals surface area contributed by atoms with E-state index in [0.717, 1.165) is 5.56 Å². The Balaban J connectivity index is 2.17. The number of nitrogens with one attached hydrogen (secondary N) is 2. The highest BCUT2D eigenvalue weighted by atomic mass is 35.5. The van der Waals surface area contributed by atoms with Crippen LogP contribution in [0, 0.1) is 0 Å². The summed E-state index contributed by atoms with van der Waals surface area (Å²) in [5.41, 5.74) is 0.898. The summed E-state index contributed by atoms with van der Waals surface area (Å²) in [6.45, 7) is 5.49. The number of hydrogen-bond donors (Lipinski definition) is 2. The first-order chi connectivity index (χ1) is 9.74. The lowest BCUT2D eigenvalue weighted by Crippen LogP contribution is -2.04. The van der Waals surface area contributed by atoms with Crippen molar-refractivity contribution in [1.29, 1.82) is 0 Å². The Morgan fingerprint density at radius 3 is 2.50 bits per heavy atom. The molecule has 0 saturated heterocycles. The third-order valence-electron chi connectivity index (χ3n) is 2.57. The highest BCUT2D eigenvalue weighted by Gasteiger charge is 2.11. The zero-order chi connectivity index (χ0) is 14.4. The van der Waals surface area contributed by atoms with Crippen LogP contribution in [0.15, 0.2) is 18.5 Å². The number of ether oxygens (including phenoxy) is 2. The van der Waals surface area contributed by atoms with Crippen molar-refractivity contribution >= 4 is 17.5 Å². The molecular formula is C13H17ClN4O2. The van der Waals surface area contributed by atoms with Crippen molar-refractivity contribution in [3.8, 4) is 11.5 Å². The van der Waals surface area contributed by atoms with Crippen molar-refractivity contribution < 1.29 is 9.47 Å². The summed E-state index contributed by atoms with van der Waals surface area (Å²) in [7, 11) is 0. The van der Waals surface area contributed by atoms with Gasteiger partial charge in [0.15, 0.2) is 11.5 Å². The van der Waals surface area contributed by atoms with Crippen LogP contribution >= 0.6 is 11.6 Å². The van der Waals surface area contributed by atoms with Gasteiger partial charge < -0.3 is 14.8 Å². The molecule has 1 heterocycles. The molecule has 2 N–H and O–H groups in total. The highest BCUT2D eigenvalue weighted by molar-refractivity contribution is 6.31. The number of aromatic amines is 1. The van der Waals surface area contributed by atoms with Gasteiger partial charge in [0.1, 0.15) is 6.33 Å². The van der Waals surface area contributed by atoms with Crippen LogP contribution in [0.2, 0.25) is 5.02 Å². The van der Waals surface area contributed by atoms with E-state index in [2.05, 4.69) is 20.5 Å². The summed E-state index contributed by atoms with van der Waals surface area (Å²) >= 11 is 6.26. The zero-order valence-corrected chi connectivity index (χ0v) is 12.2. The minimum absolute atomic E-state index is 0.514. The van der Waals surface area contributed by atoms with Gasteiger partial charge in [0, 0.05) is 17.6 Å². The van der Waals surface area contributed by atoms with Gasteiger partial charge in [-0.15, -0.1) is 0 Å². The van der Waals surface area contributed by atoms with Crippen LogP contribution < -0.4 is 14.8 Å². The summed E-state index contributed by atoms with van der Waals surface area (Å²) < 4.78 is 11.1. The molecular weight excluding hydrogens is 280 g/mol. The van der Waals surface area contributed by atoms with Crippen LogP contribution in [0.3, 0.4) is 0 Å². The monoisotopic (exact) mass is 296 g/mol. The van der Waals surface area contributed by atoms with Gasteiger partial charge in [-0.25, -0.2) is 10.1 Å². The minimum atomic E-state index is 0.514. The Labute approximate surface area is 122 Å². The van der Waals surface area contributed by atoms with E-state index in [-0.39, 0.29) is 0 Å². The summed E-state index contributed by atoms with van der Waals surface area (Å²) in [5.74, 6) is 1.93. The Morgan fingerprint density at radius 2 is 1.90 bits per heavy atom. The molecule has 2 aromatic rings. The second-order valence-electron chi connectivity index (χ2n) is 3.94. The highest BCUT2D eigenvalue weighted by Crippen LogP contribution is 2.33. The maximum Gasteiger partial charge on any atom is 0.218 e. The molecule has 2 rings (SSSR count). The summed E-state index contributed by atoms with van der Waals surface area (Å²) in [6.07, 6.45) is 1.44. The second-order valence-corrected chi connectivity index (χ2v) is 4.35. The van der Waals surface area contributed by atoms with Crippen LogP contribution in [0.4, 0.5) is 5.95 Å². The molecule has 20 heavy (non-hydrogen) atoms. The molecule has 0 radical (unpaired) electrons. The first-order valence-corrected chi connectivity index (χ1v) is 6.79. The third kappa shape index (κ3) is 3.54. The lowest BCUT2D eigenvalue weighted by molar-refractivity contribution is 0.287. The molecule has 7 heteroatoms. The SMILES string of the molecule is CCOc1cc(Cl)c(CNc2ncn[nH]2)cc1OCC. The van der Waals surface area contributed by atoms with Gasteiger partial charge in [-0.1, -0.05) is 11.6 Å². The molecule has 0 unspecified atom stereocenters. The average molecular weight is 297 g/mol. The predicted octanol–water partition coefficient (Wildman–Crippen LogP) is 2.87. The van der Waals surface area contributed by atoms with E-state index in [1.54, 1.807) is 6.07 Å². The molecule has 0 aliphatic carbocycles. The van der Waals surface area contributed by atoms with Crippen molar-refractivity contribution in [3.63, 3.8) is 0 Å². The first-order valence-electron chi connectivity index (χ1n) is 6.41. The fourth-order valence-corrected chi connectivity index (χ4v) is 1.94. The molecule has 0 aliphatic rings. The van der Waals surface area contributed by atoms with Crippen molar-refractivity contribution in [3.05, 3.63) is 29.0 Å². The number of benzene rings is 1. The van der Waals surface area contributed by atoms with Crippen LogP contribution in [0.5, 0.6) is 11.5 Å². The molecule has 1 aromatic heterocycles. The molecule has 0 fully saturated rings. The maximum absolute atomic E-state index is 6.26. The van der Waals surface area contributed by atoms with E-state index < -0.39 is 0 Å². The fourth-order valence-electron chi connectivity index (χ4n) is 1.72. The average Bonchev–Trinajstić information content (AvgIpc) is 2.94. The largest absolute Gasteiger partial charge is 0.490 e. The second kappa shape index (κ2) is 7.00. The smallest absolute Gasteiger partial charge is 0.218 e. The Hall–Kier alpha value is -1.95. The number of hydrogen-bond acceptors (Lipinski definition) is 5. The van der Waals surface area contributed by atoms with Crippen LogP contribution in [-0.4, -0.2) is 28.4 Å². The zero-order valence-electron chi connectivity index (χ0n) is 11.4. The molecule has 0 aliphatic heterocycles. The van der Waals surface area contributed by atoms with Gasteiger partial charge in [0.25, 0.3) is 0 Å². The van der Waals surface area contributed by atoms with Crippen molar-refractivity contribution in [2.75, 3.05) is 18.5 Å². The molecule has 0 atom stereocenters. The van der Waals surface area contributed by atoms with Crippen molar-refractivity contribution in [2.24, 2.45) is 0 Å². The molecule has 1 aromatic carbocycles. The first kappa shape index (κ1) is 14.5. The van der Waals surface area contributed by atoms with E-state index in [1.165, 1.54) is 6.33 Å². The Morgan fingerprint density at radius 1 is 1.20 bits per heavy atom. The van der Waals surface area contributed by atoms with Crippen molar-refractivity contribution in [1.82, 2.24) is 15.2 Å². The summed E-state index contributed by atoms with van der Waals surface area (Å²) in [5, 5.41) is 10.2. The molecule has 0 spiro atoms. The van der Waals surface area contributed by atoms with Gasteiger partial charge in [0.05, 0.1) is 13.2 Å². The quantitative estimate of drug-likeness (QED) is 0.822. The van der Waals surface area contributed by atoms with Crippen LogP contribution in [0.1, 0.15) is 19.4 Å². The third-order valence-corrected chi connectivity index (χ3v) is 2.93. The van der Waals surface area contributed by atoms with E-state index in [1.807, 2.05) is 19.9 Å². The number of rotatable bonds is 7. The normalized spacial score (nSPS) is 10.3. The van der Waals surface area contributed by atoms with E-state index in [4.69, 9.17) is 21.1 Å². The number of nitrogens with zero attached hydrogens (tertiary/aromatic N) is 2. The van der Waals surface area contributed by atoms with Gasteiger partial charge in [0.2, 0.25) is 5.95 Å². The lowest BCUT2D eigenvalue weighted by atomic mass is 10.2. The topological polar surface area (TPSA) is 72.1 Å². The summed E-state index contributed by atoms with van der Waals surface area (Å²) in [4.78, 5) is 3.99. The van der Waals surface area contributed by atoms with Gasteiger partial charge in [-0.3, -0.25) is 0 Å². The van der Waals surface area contributed by atoms with Gasteiger partial charge in [-0.2, -0.15) is 5.10 Å². The number of aromatic nitrogens is 3. The Kier molecular flexibility index (Phi) is 5.06. The van der Waals surface area contributed by atoms with E-state index >= 15 is 0 Å². The number of H-pyrrole nitrogens is 1. The molecule has 108 valence electrons. The molecule has 0 bridgehead atoms. The lowest BCUT2D eigenvalue weighted by Gasteiger charge is -2.14. The minimum Gasteiger partial charge on any atom is -0.490 e. The van der Waals surface area contributed by atoms with Crippen molar-refractivity contribution in [2.45, 2.75) is 20.4 Å². The van der Waals surface area contributed by atoms with Gasteiger partial charge >= 0.3 is 0 Å². The van der Waals surface area contributed by atoms with E-state index in [0.29, 0.717) is 42.2 Å². The van der Waals surface area contributed by atoms with Gasteiger partial charge in [-0.05, 0) is 25.5 Å². The van der Waals surface area contributed by atoms with E-state index in [9.17, 15) is 0 Å². The maximum atomic E-state index is 6.26. The number of anilines is 1. The Bertz CT molecular complexity index is 546. The molecule has 0 amide bonds. The predicted molar refractivity (Wildman–Crippen MR) is 77.5 cm³/mol. The summed E-state index contributed by atoms with van der Waals surface area (Å²) in [6, 6.07) is 3.65. The molecule has 6 nitrogen and oxygen atoms in total. The molecule has 0 saturated carbocycles. The fraction of sp³-hybridized carbons (Fsp3) is 0.385. The standard InChI is InChI=1S/C13H17ClN4O2/c1-3-19-11-5-9(7-15-13-16-8-17-18-13)10(14)6-12(11)20-4-2/h5-6,8H,3-4,7H2,1-2H3,(H2,15,16,17,18). The van der Waals surface area contributed by atoms with Crippen LogP contribution in [-0.2, 0) is 6.54 Å².